The zero-order chi connectivity index (χ0) is 22.2. The van der Waals surface area contributed by atoms with Gasteiger partial charge in [0.1, 0.15) is 17.8 Å². The molecule has 5 rings (SSSR count). The number of benzene rings is 3. The van der Waals surface area contributed by atoms with Crippen molar-refractivity contribution >= 4 is 17.5 Å². The van der Waals surface area contributed by atoms with Crippen LogP contribution in [0, 0.1) is 10.1 Å². The van der Waals surface area contributed by atoms with E-state index in [1.165, 1.54) is 0 Å². The quantitative estimate of drug-likeness (QED) is 0.339. The third-order valence-electron chi connectivity index (χ3n) is 6.44. The molecular formula is C26H22N2O4. The van der Waals surface area contributed by atoms with Gasteiger partial charge in [0.25, 0.3) is 0 Å². The topological polar surface area (TPSA) is 72.7 Å². The molecule has 1 saturated heterocycles. The number of para-hydroxylation sites is 1. The van der Waals surface area contributed by atoms with Crippen molar-refractivity contribution in [2.45, 2.75) is 24.0 Å². The van der Waals surface area contributed by atoms with E-state index in [2.05, 4.69) is 0 Å². The minimum absolute atomic E-state index is 0.120. The Kier molecular flexibility index (Phi) is 4.98. The number of anilines is 1. The van der Waals surface area contributed by atoms with Crippen molar-refractivity contribution in [1.29, 1.82) is 0 Å². The molecule has 0 aliphatic carbocycles. The predicted molar refractivity (Wildman–Crippen MR) is 123 cm³/mol. The van der Waals surface area contributed by atoms with Crippen LogP contribution in [0.25, 0.3) is 6.08 Å². The Labute approximate surface area is 185 Å². The van der Waals surface area contributed by atoms with Crippen LogP contribution in [0.2, 0.25) is 0 Å². The predicted octanol–water partition coefficient (Wildman–Crippen LogP) is 4.59. The number of methoxy groups -OCH3 is 1. The number of ether oxygens (including phenoxy) is 1. The Bertz CT molecular complexity index is 1190. The summed E-state index contributed by atoms with van der Waals surface area (Å²) in [6.07, 6.45) is 3.79. The number of fused-ring (bicyclic) bond motifs is 3. The molecule has 2 aliphatic rings. The first-order valence-corrected chi connectivity index (χ1v) is 10.5. The molecule has 0 radical (unpaired) electrons. The first-order valence-electron chi connectivity index (χ1n) is 10.5. The Morgan fingerprint density at radius 2 is 1.66 bits per heavy atom. The first-order chi connectivity index (χ1) is 15.6. The molecule has 3 aromatic rings. The van der Waals surface area contributed by atoms with E-state index in [0.717, 1.165) is 16.8 Å². The maximum absolute atomic E-state index is 13.9. The zero-order valence-electron chi connectivity index (χ0n) is 17.5. The molecule has 2 heterocycles. The lowest BCUT2D eigenvalue weighted by atomic mass is 9.83. The lowest BCUT2D eigenvalue weighted by Gasteiger charge is -2.34. The SMILES string of the molecule is COc1ccc([C@@H]2[C@H]([N+](=O)[O-])[C@@H]3C=Cc4ccccc4N3[C@@H]2C(=O)c2ccccc2)cc1. The Morgan fingerprint density at radius 3 is 2.34 bits per heavy atom. The molecule has 160 valence electrons. The maximum Gasteiger partial charge on any atom is 0.245 e. The Hall–Kier alpha value is -3.93. The van der Waals surface area contributed by atoms with Gasteiger partial charge in [-0.3, -0.25) is 14.9 Å². The molecule has 0 unspecified atom stereocenters. The van der Waals surface area contributed by atoms with E-state index in [-0.39, 0.29) is 10.7 Å². The molecule has 4 atom stereocenters. The molecule has 2 aliphatic heterocycles. The van der Waals surface area contributed by atoms with E-state index < -0.39 is 24.0 Å². The highest BCUT2D eigenvalue weighted by atomic mass is 16.6. The van der Waals surface area contributed by atoms with Crippen molar-refractivity contribution in [1.82, 2.24) is 0 Å². The number of carbonyl (C=O) groups excluding carboxylic acids is 1. The van der Waals surface area contributed by atoms with Crippen LogP contribution in [0.3, 0.4) is 0 Å². The fourth-order valence-corrected chi connectivity index (χ4v) is 5.03. The van der Waals surface area contributed by atoms with Gasteiger partial charge < -0.3 is 9.64 Å². The van der Waals surface area contributed by atoms with Gasteiger partial charge in [-0.2, -0.15) is 0 Å². The number of nitrogens with zero attached hydrogens (tertiary/aromatic N) is 2. The Balaban J connectivity index is 1.71. The van der Waals surface area contributed by atoms with Gasteiger partial charge in [0.2, 0.25) is 6.04 Å². The van der Waals surface area contributed by atoms with Gasteiger partial charge in [0, 0.05) is 16.2 Å². The van der Waals surface area contributed by atoms with Crippen molar-refractivity contribution in [3.05, 3.63) is 112 Å². The number of hydrogen-bond acceptors (Lipinski definition) is 5. The van der Waals surface area contributed by atoms with Crippen LogP contribution in [0.1, 0.15) is 27.4 Å². The minimum atomic E-state index is -0.967. The van der Waals surface area contributed by atoms with Crippen molar-refractivity contribution in [2.24, 2.45) is 0 Å². The molecular weight excluding hydrogens is 404 g/mol. The van der Waals surface area contributed by atoms with Crippen molar-refractivity contribution in [2.75, 3.05) is 12.0 Å². The average molecular weight is 426 g/mol. The van der Waals surface area contributed by atoms with E-state index in [1.54, 1.807) is 31.4 Å². The van der Waals surface area contributed by atoms with Gasteiger partial charge in [0.15, 0.2) is 5.78 Å². The number of nitro groups is 1. The molecule has 6 nitrogen and oxygen atoms in total. The van der Waals surface area contributed by atoms with Crippen LogP contribution < -0.4 is 9.64 Å². The lowest BCUT2D eigenvalue weighted by Crippen LogP contribution is -2.44. The van der Waals surface area contributed by atoms with Gasteiger partial charge in [-0.05, 0) is 29.3 Å². The third-order valence-corrected chi connectivity index (χ3v) is 6.44. The largest absolute Gasteiger partial charge is 0.497 e. The maximum atomic E-state index is 13.9. The van der Waals surface area contributed by atoms with Crippen LogP contribution in [-0.4, -0.2) is 35.9 Å². The molecule has 0 bridgehead atoms. The van der Waals surface area contributed by atoms with Gasteiger partial charge in [-0.25, -0.2) is 0 Å². The van der Waals surface area contributed by atoms with Crippen LogP contribution in [0.5, 0.6) is 5.75 Å². The molecule has 3 aromatic carbocycles. The molecule has 0 amide bonds. The van der Waals surface area contributed by atoms with Crippen LogP contribution in [0.4, 0.5) is 5.69 Å². The van der Waals surface area contributed by atoms with Gasteiger partial charge in [-0.1, -0.05) is 72.8 Å². The monoisotopic (exact) mass is 426 g/mol. The molecule has 32 heavy (non-hydrogen) atoms. The number of hydrogen-bond donors (Lipinski definition) is 0. The van der Waals surface area contributed by atoms with Crippen molar-refractivity contribution < 1.29 is 14.5 Å². The highest BCUT2D eigenvalue weighted by Gasteiger charge is 2.58. The van der Waals surface area contributed by atoms with Gasteiger partial charge in [-0.15, -0.1) is 0 Å². The zero-order valence-corrected chi connectivity index (χ0v) is 17.5. The summed E-state index contributed by atoms with van der Waals surface area (Å²) in [5.41, 5.74) is 3.09. The second kappa shape index (κ2) is 7.96. The van der Waals surface area contributed by atoms with Crippen molar-refractivity contribution in [3.63, 3.8) is 0 Å². The molecule has 0 spiro atoms. The summed E-state index contributed by atoms with van der Waals surface area (Å²) in [6.45, 7) is 0. The second-order valence-corrected chi connectivity index (χ2v) is 8.07. The lowest BCUT2D eigenvalue weighted by molar-refractivity contribution is -0.524. The van der Waals surface area contributed by atoms with Crippen LogP contribution >= 0.6 is 0 Å². The minimum Gasteiger partial charge on any atom is -0.497 e. The third kappa shape index (κ3) is 3.15. The fraction of sp³-hybridized carbons (Fsp3) is 0.192. The van der Waals surface area contributed by atoms with Crippen LogP contribution in [0.15, 0.2) is 84.9 Å². The van der Waals surface area contributed by atoms with E-state index >= 15 is 0 Å². The highest BCUT2D eigenvalue weighted by Crippen LogP contribution is 2.47. The standard InChI is InChI=1S/C26H22N2O4/c1-32-20-14-11-18(12-15-20)23-24(28(30)31)22-16-13-17-7-5-6-10-21(17)27(22)25(23)26(29)19-8-3-2-4-9-19/h2-16,22-25H,1H3/t22-,23+,24+,25-/m0/s1. The normalized spacial score (nSPS) is 23.3. The average Bonchev–Trinajstić information content (AvgIpc) is 3.20. The fourth-order valence-electron chi connectivity index (χ4n) is 5.03. The summed E-state index contributed by atoms with van der Waals surface area (Å²) in [6, 6.07) is 21.8. The summed E-state index contributed by atoms with van der Waals surface area (Å²) in [4.78, 5) is 28.0. The summed E-state index contributed by atoms with van der Waals surface area (Å²) < 4.78 is 5.27. The summed E-state index contributed by atoms with van der Waals surface area (Å²) in [5.74, 6) is -0.0754. The molecule has 6 heteroatoms. The van der Waals surface area contributed by atoms with Crippen LogP contribution in [-0.2, 0) is 0 Å². The van der Waals surface area contributed by atoms with Crippen molar-refractivity contribution in [3.8, 4) is 5.75 Å². The number of carbonyl (C=O) groups is 1. The first kappa shape index (κ1) is 20.0. The Morgan fingerprint density at radius 1 is 0.969 bits per heavy atom. The number of rotatable bonds is 5. The smallest absolute Gasteiger partial charge is 0.245 e. The second-order valence-electron chi connectivity index (χ2n) is 8.07. The molecule has 0 N–H and O–H groups in total. The summed E-state index contributed by atoms with van der Waals surface area (Å²) >= 11 is 0. The van der Waals surface area contributed by atoms with Gasteiger partial charge >= 0.3 is 0 Å². The van der Waals surface area contributed by atoms with E-state index in [4.69, 9.17) is 4.74 Å². The summed E-state index contributed by atoms with van der Waals surface area (Å²) in [5, 5.41) is 12.4. The van der Waals surface area contributed by atoms with E-state index in [0.29, 0.717) is 11.3 Å². The van der Waals surface area contributed by atoms with E-state index in [1.807, 2.05) is 71.6 Å². The molecule has 0 aromatic heterocycles. The number of ketones is 1. The number of Topliss-reactive ketones (excluding diaryl/α,β-unsaturated/α-hetero) is 1. The molecule has 1 fully saturated rings. The van der Waals surface area contributed by atoms with Gasteiger partial charge in [0.05, 0.1) is 13.0 Å². The summed E-state index contributed by atoms with van der Waals surface area (Å²) in [7, 11) is 1.58. The van der Waals surface area contributed by atoms with E-state index in [9.17, 15) is 14.9 Å². The highest BCUT2D eigenvalue weighted by molar-refractivity contribution is 6.04. The molecule has 0 saturated carbocycles.